The van der Waals surface area contributed by atoms with E-state index < -0.39 is 33.2 Å². The summed E-state index contributed by atoms with van der Waals surface area (Å²) in [4.78, 5) is 10.4. The molecule has 0 fully saturated rings. The number of nitrogens with one attached hydrogen (secondary N) is 1. The first-order valence-corrected chi connectivity index (χ1v) is 12.0. The zero-order chi connectivity index (χ0) is 24.5. The lowest BCUT2D eigenvalue weighted by Crippen LogP contribution is -2.37. The fraction of sp³-hybridized carbons (Fsp3) is 0.0870. The van der Waals surface area contributed by atoms with Crippen molar-refractivity contribution in [3.63, 3.8) is 0 Å². The van der Waals surface area contributed by atoms with Crippen LogP contribution in [0.5, 0.6) is 0 Å². The van der Waals surface area contributed by atoms with Gasteiger partial charge in [-0.1, -0.05) is 65.7 Å². The number of carbonyl (C=O) groups excluding carboxylic acids is 1. The predicted octanol–water partition coefficient (Wildman–Crippen LogP) is 6.54. The second kappa shape index (κ2) is 9.17. The molecule has 0 heterocycles. The van der Waals surface area contributed by atoms with Gasteiger partial charge in [-0.2, -0.15) is 18.6 Å². The number of azo groups is 1. The molecule has 0 saturated carbocycles. The third kappa shape index (κ3) is 4.42. The first-order valence-electron chi connectivity index (χ1n) is 9.83. The van der Waals surface area contributed by atoms with Gasteiger partial charge in [0.25, 0.3) is 5.91 Å². The third-order valence-electron chi connectivity index (χ3n) is 5.24. The molecule has 1 unspecified atom stereocenters. The summed E-state index contributed by atoms with van der Waals surface area (Å²) in [7, 11) is -5.52. The first kappa shape index (κ1) is 23.9. The molecule has 0 bridgehead atoms. The number of aliphatic hydroxyl groups is 1. The molecule has 2 N–H and O–H groups in total. The Bertz CT molecular complexity index is 1450. The second-order valence-electron chi connectivity index (χ2n) is 7.39. The Balaban J connectivity index is 1.88. The van der Waals surface area contributed by atoms with Crippen molar-refractivity contribution in [1.82, 2.24) is 0 Å². The summed E-state index contributed by atoms with van der Waals surface area (Å²) in [6.07, 6.45) is -0.810. The summed E-state index contributed by atoms with van der Waals surface area (Å²) in [6, 6.07) is 18.2. The molecule has 0 saturated heterocycles. The lowest BCUT2D eigenvalue weighted by atomic mass is 9.86. The highest BCUT2D eigenvalue weighted by Crippen LogP contribution is 2.48. The molecule has 11 heteroatoms. The van der Waals surface area contributed by atoms with E-state index in [1.165, 1.54) is 42.5 Å². The number of halogens is 3. The summed E-state index contributed by atoms with van der Waals surface area (Å²) >= 11 is 12.1. The Kier molecular flexibility index (Phi) is 6.44. The van der Waals surface area contributed by atoms with Crippen molar-refractivity contribution in [2.75, 3.05) is 5.32 Å². The van der Waals surface area contributed by atoms with Gasteiger partial charge in [0, 0.05) is 28.3 Å². The molecule has 3 aromatic rings. The maximum absolute atomic E-state index is 15.0. The van der Waals surface area contributed by atoms with Crippen LogP contribution in [0.4, 0.5) is 15.3 Å². The van der Waals surface area contributed by atoms with Gasteiger partial charge in [-0.3, -0.25) is 4.79 Å². The first-order chi connectivity index (χ1) is 16.1. The van der Waals surface area contributed by atoms with E-state index in [0.29, 0.717) is 5.69 Å². The standard InChI is InChI=1S/C23H16Cl2FN3O4S/c24-14-10-11-19(25)20(12-14)28-29-23(34(26,32)33)13-17(21(30)16-8-4-5-9-18(16)23)22(31)27-15-6-2-1-3-7-15/h1-12,30H,13H2,(H,27,31). The van der Waals surface area contributed by atoms with Crippen LogP contribution in [0.1, 0.15) is 17.5 Å². The largest absolute Gasteiger partial charge is 0.507 e. The van der Waals surface area contributed by atoms with Crippen molar-refractivity contribution in [3.8, 4) is 0 Å². The molecule has 1 atom stereocenters. The number of carbonyl (C=O) groups is 1. The minimum atomic E-state index is -5.52. The van der Waals surface area contributed by atoms with Gasteiger partial charge in [-0.05, 0) is 30.3 Å². The van der Waals surface area contributed by atoms with Crippen LogP contribution in [-0.4, -0.2) is 19.4 Å². The van der Waals surface area contributed by atoms with Crippen molar-refractivity contribution in [1.29, 1.82) is 0 Å². The molecule has 0 spiro atoms. The van der Waals surface area contributed by atoms with E-state index >= 15 is 3.89 Å². The average molecular weight is 520 g/mol. The number of nitrogens with zero attached hydrogens (tertiary/aromatic N) is 2. The minimum Gasteiger partial charge on any atom is -0.507 e. The van der Waals surface area contributed by atoms with Gasteiger partial charge >= 0.3 is 10.2 Å². The smallest absolute Gasteiger partial charge is 0.335 e. The zero-order valence-electron chi connectivity index (χ0n) is 17.2. The van der Waals surface area contributed by atoms with Crippen LogP contribution in [-0.2, 0) is 19.9 Å². The van der Waals surface area contributed by atoms with Gasteiger partial charge in [0.1, 0.15) is 11.4 Å². The molecule has 34 heavy (non-hydrogen) atoms. The predicted molar refractivity (Wildman–Crippen MR) is 128 cm³/mol. The van der Waals surface area contributed by atoms with Crippen molar-refractivity contribution in [3.05, 3.63) is 99.5 Å². The number of amides is 1. The summed E-state index contributed by atoms with van der Waals surface area (Å²) in [5.74, 6) is -1.30. The fourth-order valence-corrected chi connectivity index (χ4v) is 4.80. The normalized spacial score (nSPS) is 18.1. The average Bonchev–Trinajstić information content (AvgIpc) is 2.80. The molecule has 1 amide bonds. The minimum absolute atomic E-state index is 0.00346. The number of anilines is 1. The van der Waals surface area contributed by atoms with Crippen LogP contribution < -0.4 is 5.32 Å². The summed E-state index contributed by atoms with van der Waals surface area (Å²) in [5.41, 5.74) is -0.214. The molecule has 1 aliphatic carbocycles. The van der Waals surface area contributed by atoms with E-state index in [9.17, 15) is 18.3 Å². The van der Waals surface area contributed by atoms with E-state index in [2.05, 4.69) is 15.5 Å². The highest BCUT2D eigenvalue weighted by Gasteiger charge is 2.53. The quantitative estimate of drug-likeness (QED) is 0.294. The topological polar surface area (TPSA) is 108 Å². The van der Waals surface area contributed by atoms with Crippen molar-refractivity contribution >= 4 is 56.5 Å². The van der Waals surface area contributed by atoms with Crippen LogP contribution in [0.3, 0.4) is 0 Å². The SMILES string of the molecule is O=C(Nc1ccccc1)C1=C(O)c2ccccc2C(N=Nc2cc(Cl)ccc2Cl)(S(=O)(=O)F)C1. The number of aliphatic hydroxyl groups excluding tert-OH is 1. The van der Waals surface area contributed by atoms with Crippen LogP contribution in [0.2, 0.25) is 10.0 Å². The highest BCUT2D eigenvalue weighted by atomic mass is 35.5. The molecule has 1 aliphatic rings. The van der Waals surface area contributed by atoms with Crippen LogP contribution in [0.15, 0.2) is 88.6 Å². The summed E-state index contributed by atoms with van der Waals surface area (Å²) in [5, 5.41) is 21.5. The van der Waals surface area contributed by atoms with Crippen molar-refractivity contribution < 1.29 is 22.2 Å². The van der Waals surface area contributed by atoms with Crippen LogP contribution in [0.25, 0.3) is 5.76 Å². The van der Waals surface area contributed by atoms with Crippen molar-refractivity contribution in [2.45, 2.75) is 11.3 Å². The number of fused-ring (bicyclic) bond motifs is 1. The second-order valence-corrected chi connectivity index (χ2v) is 9.78. The molecule has 0 radical (unpaired) electrons. The van der Waals surface area contributed by atoms with Gasteiger partial charge < -0.3 is 10.4 Å². The number of para-hydroxylation sites is 1. The van der Waals surface area contributed by atoms with E-state index in [4.69, 9.17) is 23.2 Å². The Morgan fingerprint density at radius 2 is 1.71 bits per heavy atom. The van der Waals surface area contributed by atoms with Gasteiger partial charge in [0.2, 0.25) is 4.87 Å². The Morgan fingerprint density at radius 3 is 2.41 bits per heavy atom. The Morgan fingerprint density at radius 1 is 1.03 bits per heavy atom. The van der Waals surface area contributed by atoms with Crippen LogP contribution in [0, 0.1) is 0 Å². The summed E-state index contributed by atoms with van der Waals surface area (Å²) < 4.78 is 40.1. The zero-order valence-corrected chi connectivity index (χ0v) is 19.6. The number of hydrogen-bond acceptors (Lipinski definition) is 6. The molecule has 174 valence electrons. The van der Waals surface area contributed by atoms with Gasteiger partial charge in [0.15, 0.2) is 0 Å². The maximum Gasteiger partial charge on any atom is 0.335 e. The number of benzene rings is 3. The van der Waals surface area contributed by atoms with E-state index in [-0.39, 0.29) is 32.4 Å². The summed E-state index contributed by atoms with van der Waals surface area (Å²) in [6.45, 7) is 0. The lowest BCUT2D eigenvalue weighted by molar-refractivity contribution is -0.113. The van der Waals surface area contributed by atoms with Gasteiger partial charge in [0.05, 0.1) is 10.6 Å². The van der Waals surface area contributed by atoms with Gasteiger partial charge in [-0.15, -0.1) is 3.89 Å². The van der Waals surface area contributed by atoms with E-state index in [1.807, 2.05) is 0 Å². The number of hydrogen-bond donors (Lipinski definition) is 2. The number of rotatable bonds is 5. The lowest BCUT2D eigenvalue weighted by Gasteiger charge is -2.32. The molecule has 0 aliphatic heterocycles. The molecule has 7 nitrogen and oxygen atoms in total. The third-order valence-corrected chi connectivity index (χ3v) is 7.05. The fourth-order valence-electron chi connectivity index (χ4n) is 3.58. The maximum atomic E-state index is 15.0. The molecule has 3 aromatic carbocycles. The van der Waals surface area contributed by atoms with E-state index in [1.54, 1.807) is 30.3 Å². The molecule has 4 rings (SSSR count). The van der Waals surface area contributed by atoms with Crippen LogP contribution >= 0.6 is 23.2 Å². The van der Waals surface area contributed by atoms with Crippen molar-refractivity contribution in [2.24, 2.45) is 10.2 Å². The highest BCUT2D eigenvalue weighted by molar-refractivity contribution is 7.87. The molecular formula is C23H16Cl2FN3O4S. The molecule has 0 aromatic heterocycles. The Hall–Kier alpha value is -3.27. The molecular weight excluding hydrogens is 504 g/mol. The van der Waals surface area contributed by atoms with Gasteiger partial charge in [-0.25, -0.2) is 0 Å². The monoisotopic (exact) mass is 519 g/mol. The Labute approximate surface area is 204 Å². The van der Waals surface area contributed by atoms with E-state index in [0.717, 1.165) is 0 Å².